The summed E-state index contributed by atoms with van der Waals surface area (Å²) in [5.74, 6) is -0.783. The van der Waals surface area contributed by atoms with E-state index in [9.17, 15) is 4.79 Å². The third-order valence-corrected chi connectivity index (χ3v) is 7.10. The van der Waals surface area contributed by atoms with Crippen molar-refractivity contribution in [3.8, 4) is 0 Å². The standard InChI is InChI=1S/C31H60O2/c1-3-4-5-6-7-8-9-10-11-12-13-14-15-16-17-18-19-20-21-22-23-24-25-26-27-28-29-30(2)31(32)33/h29H,3-28H2,1-2H3,(H,32,33). The van der Waals surface area contributed by atoms with Crippen LogP contribution in [0.2, 0.25) is 0 Å². The highest BCUT2D eigenvalue weighted by Gasteiger charge is 1.98. The summed E-state index contributed by atoms with van der Waals surface area (Å²) >= 11 is 0. The predicted octanol–water partition coefficient (Wildman–Crippen LogP) is 11.2. The number of carboxylic acid groups (broad SMARTS) is 1. The first-order chi connectivity index (χ1) is 16.2. The van der Waals surface area contributed by atoms with E-state index >= 15 is 0 Å². The SMILES string of the molecule is CCCCCCCCCCCCCCCCCCCCCCCCCCCC=C(C)C(=O)O. The van der Waals surface area contributed by atoms with Crippen LogP contribution in [0.1, 0.15) is 181 Å². The molecular formula is C31H60O2. The summed E-state index contributed by atoms with van der Waals surface area (Å²) in [4.78, 5) is 10.7. The first-order valence-electron chi connectivity index (χ1n) is 15.1. The lowest BCUT2D eigenvalue weighted by atomic mass is 10.0. The van der Waals surface area contributed by atoms with E-state index in [1.807, 2.05) is 6.08 Å². The third kappa shape index (κ3) is 27.3. The number of unbranched alkanes of at least 4 members (excludes halogenated alkanes) is 25. The van der Waals surface area contributed by atoms with E-state index in [-0.39, 0.29) is 0 Å². The van der Waals surface area contributed by atoms with Gasteiger partial charge in [0.25, 0.3) is 0 Å². The van der Waals surface area contributed by atoms with Crippen molar-refractivity contribution in [2.75, 3.05) is 0 Å². The highest BCUT2D eigenvalue weighted by molar-refractivity contribution is 5.85. The van der Waals surface area contributed by atoms with Gasteiger partial charge in [-0.25, -0.2) is 4.79 Å². The summed E-state index contributed by atoms with van der Waals surface area (Å²) in [7, 11) is 0. The largest absolute Gasteiger partial charge is 0.478 e. The molecule has 0 aromatic carbocycles. The van der Waals surface area contributed by atoms with Crippen molar-refractivity contribution in [3.05, 3.63) is 11.6 Å². The lowest BCUT2D eigenvalue weighted by Gasteiger charge is -2.04. The van der Waals surface area contributed by atoms with Gasteiger partial charge in [0.05, 0.1) is 0 Å². The maximum atomic E-state index is 10.7. The summed E-state index contributed by atoms with van der Waals surface area (Å²) in [6.07, 6.45) is 38.1. The molecule has 0 atom stereocenters. The van der Waals surface area contributed by atoms with Crippen LogP contribution in [-0.2, 0) is 4.79 Å². The topological polar surface area (TPSA) is 37.3 Å². The highest BCUT2D eigenvalue weighted by atomic mass is 16.4. The molecule has 0 aliphatic carbocycles. The molecule has 196 valence electrons. The van der Waals surface area contributed by atoms with Gasteiger partial charge in [-0.05, 0) is 19.8 Å². The second-order valence-electron chi connectivity index (χ2n) is 10.5. The van der Waals surface area contributed by atoms with Gasteiger partial charge in [0, 0.05) is 5.57 Å². The minimum Gasteiger partial charge on any atom is -0.478 e. The van der Waals surface area contributed by atoms with E-state index in [1.165, 1.54) is 154 Å². The van der Waals surface area contributed by atoms with Gasteiger partial charge in [-0.15, -0.1) is 0 Å². The van der Waals surface area contributed by atoms with Gasteiger partial charge in [-0.1, -0.05) is 167 Å². The second kappa shape index (κ2) is 27.5. The summed E-state index contributed by atoms with van der Waals surface area (Å²) in [6, 6.07) is 0. The number of aliphatic carboxylic acids is 1. The molecule has 0 heterocycles. The van der Waals surface area contributed by atoms with Gasteiger partial charge in [0.2, 0.25) is 0 Å². The molecular weight excluding hydrogens is 404 g/mol. The zero-order chi connectivity index (χ0) is 24.2. The van der Waals surface area contributed by atoms with Gasteiger partial charge in [0.1, 0.15) is 0 Å². The van der Waals surface area contributed by atoms with E-state index < -0.39 is 5.97 Å². The molecule has 0 aliphatic rings. The molecule has 0 fully saturated rings. The van der Waals surface area contributed by atoms with Crippen molar-refractivity contribution < 1.29 is 9.90 Å². The molecule has 0 aromatic heterocycles. The van der Waals surface area contributed by atoms with E-state index in [0.29, 0.717) is 5.57 Å². The smallest absolute Gasteiger partial charge is 0.330 e. The summed E-state index contributed by atoms with van der Waals surface area (Å²) < 4.78 is 0. The van der Waals surface area contributed by atoms with Crippen LogP contribution in [0.25, 0.3) is 0 Å². The Labute approximate surface area is 208 Å². The molecule has 0 aromatic rings. The van der Waals surface area contributed by atoms with E-state index in [1.54, 1.807) is 6.92 Å². The van der Waals surface area contributed by atoms with Crippen LogP contribution in [0.15, 0.2) is 11.6 Å². The molecule has 0 aliphatic heterocycles. The maximum Gasteiger partial charge on any atom is 0.330 e. The quantitative estimate of drug-likeness (QED) is 0.0969. The highest BCUT2D eigenvalue weighted by Crippen LogP contribution is 2.16. The molecule has 0 radical (unpaired) electrons. The number of carbonyl (C=O) groups is 1. The van der Waals surface area contributed by atoms with Crippen molar-refractivity contribution in [3.63, 3.8) is 0 Å². The van der Waals surface area contributed by atoms with Crippen molar-refractivity contribution in [1.29, 1.82) is 0 Å². The fourth-order valence-electron chi connectivity index (χ4n) is 4.69. The van der Waals surface area contributed by atoms with Gasteiger partial charge in [-0.2, -0.15) is 0 Å². The van der Waals surface area contributed by atoms with Crippen LogP contribution >= 0.6 is 0 Å². The maximum absolute atomic E-state index is 10.7. The molecule has 0 rings (SSSR count). The Kier molecular flexibility index (Phi) is 26.8. The Hall–Kier alpha value is -0.790. The van der Waals surface area contributed by atoms with Gasteiger partial charge < -0.3 is 5.11 Å². The average Bonchev–Trinajstić information content (AvgIpc) is 2.81. The first kappa shape index (κ1) is 32.2. The van der Waals surface area contributed by atoms with Crippen molar-refractivity contribution in [1.82, 2.24) is 0 Å². The van der Waals surface area contributed by atoms with Crippen LogP contribution in [0.3, 0.4) is 0 Å². The van der Waals surface area contributed by atoms with Gasteiger partial charge in [0.15, 0.2) is 0 Å². The van der Waals surface area contributed by atoms with Crippen LogP contribution in [0.5, 0.6) is 0 Å². The minimum absolute atomic E-state index is 0.486. The first-order valence-corrected chi connectivity index (χ1v) is 15.1. The lowest BCUT2D eigenvalue weighted by molar-refractivity contribution is -0.132. The molecule has 2 nitrogen and oxygen atoms in total. The Morgan fingerprint density at radius 3 is 0.970 bits per heavy atom. The van der Waals surface area contributed by atoms with E-state index in [4.69, 9.17) is 5.11 Å². The Morgan fingerprint density at radius 2 is 0.727 bits per heavy atom. The van der Waals surface area contributed by atoms with E-state index in [0.717, 1.165) is 12.8 Å². The zero-order valence-corrected chi connectivity index (χ0v) is 22.8. The van der Waals surface area contributed by atoms with Gasteiger partial charge >= 0.3 is 5.97 Å². The molecule has 2 heteroatoms. The summed E-state index contributed by atoms with van der Waals surface area (Å²) in [5, 5.41) is 8.81. The minimum atomic E-state index is -0.783. The zero-order valence-electron chi connectivity index (χ0n) is 22.8. The summed E-state index contributed by atoms with van der Waals surface area (Å²) in [5.41, 5.74) is 0.486. The number of allylic oxidation sites excluding steroid dienone is 1. The number of hydrogen-bond acceptors (Lipinski definition) is 1. The molecule has 1 N–H and O–H groups in total. The Morgan fingerprint density at radius 1 is 0.485 bits per heavy atom. The van der Waals surface area contributed by atoms with Crippen LogP contribution in [-0.4, -0.2) is 11.1 Å². The molecule has 0 saturated heterocycles. The molecule has 0 spiro atoms. The van der Waals surface area contributed by atoms with Crippen molar-refractivity contribution in [2.24, 2.45) is 0 Å². The van der Waals surface area contributed by atoms with Crippen molar-refractivity contribution >= 4 is 5.97 Å². The average molecular weight is 465 g/mol. The van der Waals surface area contributed by atoms with E-state index in [2.05, 4.69) is 6.92 Å². The Bertz CT molecular complexity index is 427. The van der Waals surface area contributed by atoms with Gasteiger partial charge in [-0.3, -0.25) is 0 Å². The monoisotopic (exact) mass is 464 g/mol. The number of rotatable bonds is 27. The molecule has 0 saturated carbocycles. The van der Waals surface area contributed by atoms with Crippen LogP contribution in [0.4, 0.5) is 0 Å². The number of carboxylic acids is 1. The van der Waals surface area contributed by atoms with Crippen LogP contribution < -0.4 is 0 Å². The fraction of sp³-hybridized carbons (Fsp3) is 0.903. The normalized spacial score (nSPS) is 11.9. The van der Waals surface area contributed by atoms with Crippen LogP contribution in [0, 0.1) is 0 Å². The number of hydrogen-bond donors (Lipinski definition) is 1. The molecule has 0 bridgehead atoms. The third-order valence-electron chi connectivity index (χ3n) is 7.10. The molecule has 33 heavy (non-hydrogen) atoms. The molecule has 0 unspecified atom stereocenters. The Balaban J connectivity index is 3.08. The summed E-state index contributed by atoms with van der Waals surface area (Å²) in [6.45, 7) is 3.98. The molecule has 0 amide bonds. The predicted molar refractivity (Wildman–Crippen MR) is 147 cm³/mol. The fourth-order valence-corrected chi connectivity index (χ4v) is 4.69. The lowest BCUT2D eigenvalue weighted by Crippen LogP contribution is -1.95. The van der Waals surface area contributed by atoms with Crippen molar-refractivity contribution in [2.45, 2.75) is 181 Å². The second-order valence-corrected chi connectivity index (χ2v) is 10.5.